The molecule has 114 valence electrons. The number of carbonyl (C=O) groups excluding carboxylic acids is 1. The Kier molecular flexibility index (Phi) is 3.14. The van der Waals surface area contributed by atoms with Gasteiger partial charge in [-0.25, -0.2) is 0 Å². The molecule has 3 rings (SSSR count). The Hall–Kier alpha value is -2.88. The van der Waals surface area contributed by atoms with Gasteiger partial charge in [-0.1, -0.05) is 30.3 Å². The summed E-state index contributed by atoms with van der Waals surface area (Å²) in [4.78, 5) is 12.3. The normalized spacial score (nSPS) is 33.8. The van der Waals surface area contributed by atoms with Crippen LogP contribution in [0.3, 0.4) is 0 Å². The number of hydrogen-bond acceptors (Lipinski definition) is 5. The van der Waals surface area contributed by atoms with Gasteiger partial charge in [0.25, 0.3) is 0 Å². The fourth-order valence-electron chi connectivity index (χ4n) is 3.93. The number of nitrogens with one attached hydrogen (secondary N) is 1. The van der Waals surface area contributed by atoms with E-state index in [1.807, 2.05) is 48.5 Å². The van der Waals surface area contributed by atoms with E-state index in [9.17, 15) is 25.7 Å². The second-order valence-electron chi connectivity index (χ2n) is 6.30. The zero-order chi connectivity index (χ0) is 16.7. The Bertz CT molecular complexity index is 772. The second-order valence-corrected chi connectivity index (χ2v) is 6.30. The summed E-state index contributed by atoms with van der Waals surface area (Å²) in [6.07, 6.45) is 0.169. The number of rotatable bonds is 2. The largest absolute Gasteiger partial charge is 0.371 e. The highest BCUT2D eigenvalue weighted by molar-refractivity contribution is 5.91. The highest BCUT2D eigenvalue weighted by atomic mass is 16.3. The van der Waals surface area contributed by atoms with Crippen molar-refractivity contribution in [2.24, 2.45) is 16.7 Å². The average molecular weight is 306 g/mol. The number of carbonyl (C=O) groups is 1. The first-order chi connectivity index (χ1) is 11.0. The summed E-state index contributed by atoms with van der Waals surface area (Å²) in [5, 5.41) is 42.0. The van der Waals surface area contributed by atoms with Gasteiger partial charge in [-0.15, -0.1) is 0 Å². The predicted molar refractivity (Wildman–Crippen MR) is 77.7 cm³/mol. The smallest absolute Gasteiger partial charge is 0.245 e. The van der Waals surface area contributed by atoms with Crippen LogP contribution in [-0.4, -0.2) is 16.7 Å². The standard InChI is InChI=1S/C17H14N4O2/c18-9-15-8-17(23,21-14(15)22)7-13(16(15,10-19)11-20)6-12-4-2-1-3-5-12/h1-5,13,23H,6-8H2,(H,21,22). The maximum atomic E-state index is 12.3. The number of benzene rings is 1. The fraction of sp³-hybridized carbons (Fsp3) is 0.412. The Morgan fingerprint density at radius 2 is 1.83 bits per heavy atom. The Balaban J connectivity index is 2.13. The van der Waals surface area contributed by atoms with E-state index in [1.165, 1.54) is 0 Å². The summed E-state index contributed by atoms with van der Waals surface area (Å²) < 4.78 is 0. The van der Waals surface area contributed by atoms with Crippen molar-refractivity contribution in [3.05, 3.63) is 35.9 Å². The number of fused-ring (bicyclic) bond motifs is 2. The number of amides is 1. The molecule has 3 unspecified atom stereocenters. The summed E-state index contributed by atoms with van der Waals surface area (Å²) >= 11 is 0. The molecule has 1 saturated carbocycles. The van der Waals surface area contributed by atoms with Gasteiger partial charge in [0.2, 0.25) is 5.91 Å². The van der Waals surface area contributed by atoms with Crippen molar-refractivity contribution in [3.8, 4) is 18.2 Å². The number of hydrogen-bond donors (Lipinski definition) is 2. The molecule has 1 aromatic rings. The predicted octanol–water partition coefficient (Wildman–Crippen LogP) is 1.00. The minimum atomic E-state index is -1.84. The van der Waals surface area contributed by atoms with E-state index in [1.54, 1.807) is 0 Å². The van der Waals surface area contributed by atoms with E-state index in [-0.39, 0.29) is 12.8 Å². The fourth-order valence-corrected chi connectivity index (χ4v) is 3.93. The maximum Gasteiger partial charge on any atom is 0.245 e. The third-order valence-electron chi connectivity index (χ3n) is 5.03. The molecule has 23 heavy (non-hydrogen) atoms. The molecule has 2 bridgehead atoms. The second kappa shape index (κ2) is 4.81. The van der Waals surface area contributed by atoms with Crippen LogP contribution in [0.1, 0.15) is 18.4 Å². The van der Waals surface area contributed by atoms with Gasteiger partial charge in [0.1, 0.15) is 5.72 Å². The molecule has 1 saturated heterocycles. The molecule has 1 heterocycles. The first kappa shape index (κ1) is 15.0. The van der Waals surface area contributed by atoms with Crippen LogP contribution in [0.2, 0.25) is 0 Å². The Morgan fingerprint density at radius 1 is 1.17 bits per heavy atom. The van der Waals surface area contributed by atoms with Gasteiger partial charge in [0, 0.05) is 18.8 Å². The van der Waals surface area contributed by atoms with Gasteiger partial charge in [-0.3, -0.25) is 4.79 Å². The molecule has 1 aliphatic carbocycles. The summed E-state index contributed by atoms with van der Waals surface area (Å²) in [7, 11) is 0. The third-order valence-corrected chi connectivity index (χ3v) is 5.03. The van der Waals surface area contributed by atoms with Crippen molar-refractivity contribution in [2.45, 2.75) is 25.0 Å². The minimum absolute atomic E-state index is 0.0676. The molecule has 2 aliphatic rings. The highest BCUT2D eigenvalue weighted by Gasteiger charge is 2.73. The van der Waals surface area contributed by atoms with E-state index in [0.29, 0.717) is 6.42 Å². The van der Waals surface area contributed by atoms with E-state index < -0.39 is 28.4 Å². The maximum absolute atomic E-state index is 12.3. The van der Waals surface area contributed by atoms with Crippen molar-refractivity contribution < 1.29 is 9.90 Å². The number of nitrogens with zero attached hydrogens (tertiary/aromatic N) is 3. The van der Waals surface area contributed by atoms with Gasteiger partial charge < -0.3 is 10.4 Å². The summed E-state index contributed by atoms with van der Waals surface area (Å²) in [5.41, 5.74) is -4.28. The Labute approximate surface area is 133 Å². The van der Waals surface area contributed by atoms with E-state index in [4.69, 9.17) is 0 Å². The van der Waals surface area contributed by atoms with Gasteiger partial charge >= 0.3 is 0 Å². The molecule has 1 amide bonds. The summed E-state index contributed by atoms with van der Waals surface area (Å²) in [5.74, 6) is -1.36. The highest BCUT2D eigenvalue weighted by Crippen LogP contribution is 2.59. The first-order valence-electron chi connectivity index (χ1n) is 7.28. The third kappa shape index (κ3) is 1.84. The summed E-state index contributed by atoms with van der Waals surface area (Å²) in [6, 6.07) is 15.0. The molecule has 1 aromatic carbocycles. The van der Waals surface area contributed by atoms with Crippen LogP contribution in [0.4, 0.5) is 0 Å². The SMILES string of the molecule is N#CC12CC(O)(CC(Cc3ccccc3)C1(C#N)C#N)NC2=O. The van der Waals surface area contributed by atoms with Gasteiger partial charge in [0.15, 0.2) is 10.8 Å². The lowest BCUT2D eigenvalue weighted by Crippen LogP contribution is -2.53. The van der Waals surface area contributed by atoms with Crippen LogP contribution >= 0.6 is 0 Å². The Morgan fingerprint density at radius 3 is 2.39 bits per heavy atom. The lowest BCUT2D eigenvalue weighted by Gasteiger charge is -2.43. The minimum Gasteiger partial charge on any atom is -0.371 e. The number of nitriles is 3. The van der Waals surface area contributed by atoms with Gasteiger partial charge in [0.05, 0.1) is 18.2 Å². The lowest BCUT2D eigenvalue weighted by atomic mass is 9.52. The molecule has 0 radical (unpaired) electrons. The molecule has 6 nitrogen and oxygen atoms in total. The van der Waals surface area contributed by atoms with Crippen molar-refractivity contribution in [3.63, 3.8) is 0 Å². The first-order valence-corrected chi connectivity index (χ1v) is 7.28. The van der Waals surface area contributed by atoms with Crippen LogP contribution in [0.15, 0.2) is 30.3 Å². The number of aliphatic hydroxyl groups is 1. The van der Waals surface area contributed by atoms with E-state index >= 15 is 0 Å². The van der Waals surface area contributed by atoms with E-state index in [0.717, 1.165) is 5.56 Å². The monoisotopic (exact) mass is 306 g/mol. The van der Waals surface area contributed by atoms with Crippen LogP contribution in [0.25, 0.3) is 0 Å². The molecular weight excluding hydrogens is 292 g/mol. The van der Waals surface area contributed by atoms with Crippen molar-refractivity contribution in [1.82, 2.24) is 5.32 Å². The zero-order valence-electron chi connectivity index (χ0n) is 12.3. The van der Waals surface area contributed by atoms with Gasteiger partial charge in [-0.2, -0.15) is 15.8 Å². The lowest BCUT2D eigenvalue weighted by molar-refractivity contribution is -0.128. The topological polar surface area (TPSA) is 121 Å². The van der Waals surface area contributed by atoms with Crippen LogP contribution in [0.5, 0.6) is 0 Å². The molecule has 2 N–H and O–H groups in total. The van der Waals surface area contributed by atoms with Crippen LogP contribution < -0.4 is 5.32 Å². The van der Waals surface area contributed by atoms with Crippen LogP contribution in [-0.2, 0) is 11.2 Å². The quantitative estimate of drug-likeness (QED) is 0.844. The average Bonchev–Trinajstić information content (AvgIpc) is 2.78. The molecule has 3 atom stereocenters. The van der Waals surface area contributed by atoms with Crippen molar-refractivity contribution in [2.75, 3.05) is 0 Å². The van der Waals surface area contributed by atoms with Crippen LogP contribution in [0, 0.1) is 50.7 Å². The zero-order valence-corrected chi connectivity index (χ0v) is 12.3. The molecule has 2 fully saturated rings. The summed E-state index contributed by atoms with van der Waals surface area (Å²) in [6.45, 7) is 0. The molecule has 0 spiro atoms. The molecule has 0 aromatic heterocycles. The molecular formula is C17H14N4O2. The van der Waals surface area contributed by atoms with Crippen molar-refractivity contribution >= 4 is 5.91 Å². The van der Waals surface area contributed by atoms with Crippen molar-refractivity contribution in [1.29, 1.82) is 15.8 Å². The van der Waals surface area contributed by atoms with E-state index in [2.05, 4.69) is 5.32 Å². The molecule has 6 heteroatoms. The van der Waals surface area contributed by atoms with Gasteiger partial charge in [-0.05, 0) is 12.0 Å². The molecule has 1 aliphatic heterocycles.